The summed E-state index contributed by atoms with van der Waals surface area (Å²) in [5.74, 6) is -0.680. The van der Waals surface area contributed by atoms with Gasteiger partial charge in [0.15, 0.2) is 6.10 Å². The minimum absolute atomic E-state index is 0.0977. The van der Waals surface area contributed by atoms with Crippen LogP contribution in [0.4, 0.5) is 0 Å². The first-order valence-electron chi connectivity index (χ1n) is 7.82. The predicted octanol–water partition coefficient (Wildman–Crippen LogP) is 2.25. The van der Waals surface area contributed by atoms with Crippen LogP contribution in [0, 0.1) is 0 Å². The quantitative estimate of drug-likeness (QED) is 0.845. The van der Waals surface area contributed by atoms with Crippen LogP contribution in [-0.2, 0) is 16.0 Å². The van der Waals surface area contributed by atoms with Crippen molar-refractivity contribution in [3.05, 3.63) is 57.8 Å². The molecule has 2 aromatic rings. The van der Waals surface area contributed by atoms with E-state index in [0.29, 0.717) is 18.5 Å². The van der Waals surface area contributed by atoms with Crippen molar-refractivity contribution in [1.82, 2.24) is 10.2 Å². The lowest BCUT2D eigenvalue weighted by Crippen LogP contribution is -2.44. The molecule has 2 atom stereocenters. The fraction of sp³-hybridized carbons (Fsp3) is 0.333. The Morgan fingerprint density at radius 1 is 1.33 bits per heavy atom. The van der Waals surface area contributed by atoms with Crippen LogP contribution < -0.4 is 5.32 Å². The Bertz CT molecular complexity index is 728. The van der Waals surface area contributed by atoms with E-state index >= 15 is 0 Å². The zero-order chi connectivity index (χ0) is 17.1. The molecule has 126 valence electrons. The minimum atomic E-state index is -0.765. The SMILES string of the molecule is CN(C)[C@@H](CNC(=O)[C@@H]1Cc2ccccc2C(=O)O1)c1cccs1. The van der Waals surface area contributed by atoms with Crippen LogP contribution >= 0.6 is 11.3 Å². The maximum absolute atomic E-state index is 12.4. The number of nitrogens with one attached hydrogen (secondary N) is 1. The number of rotatable bonds is 5. The molecule has 0 saturated heterocycles. The molecular weight excluding hydrogens is 324 g/mol. The molecule has 5 nitrogen and oxygen atoms in total. The topological polar surface area (TPSA) is 58.6 Å². The van der Waals surface area contributed by atoms with Crippen molar-refractivity contribution in [3.63, 3.8) is 0 Å². The standard InChI is InChI=1S/C18H20N2O3S/c1-20(2)14(16-8-5-9-24-16)11-19-17(21)15-10-12-6-3-4-7-13(12)18(22)23-15/h3-9,14-15H,10-11H2,1-2H3,(H,19,21)/t14-,15-/m0/s1. The summed E-state index contributed by atoms with van der Waals surface area (Å²) in [4.78, 5) is 27.7. The van der Waals surface area contributed by atoms with E-state index in [1.807, 2.05) is 37.7 Å². The normalized spacial score (nSPS) is 18.0. The monoisotopic (exact) mass is 344 g/mol. The molecule has 0 aliphatic carbocycles. The van der Waals surface area contributed by atoms with Crippen LogP contribution in [0.2, 0.25) is 0 Å². The predicted molar refractivity (Wildman–Crippen MR) is 93.1 cm³/mol. The van der Waals surface area contributed by atoms with Crippen molar-refractivity contribution in [2.75, 3.05) is 20.6 Å². The summed E-state index contributed by atoms with van der Waals surface area (Å²) < 4.78 is 5.30. The second-order valence-corrected chi connectivity index (χ2v) is 6.97. The van der Waals surface area contributed by atoms with Crippen LogP contribution in [0.3, 0.4) is 0 Å². The van der Waals surface area contributed by atoms with Gasteiger partial charge in [0.25, 0.3) is 5.91 Å². The molecule has 1 aliphatic heterocycles. The Labute approximate surface area is 145 Å². The summed E-state index contributed by atoms with van der Waals surface area (Å²) in [6, 6.07) is 11.4. The molecule has 0 fully saturated rings. The summed E-state index contributed by atoms with van der Waals surface area (Å²) in [6.45, 7) is 0.474. The van der Waals surface area contributed by atoms with Crippen LogP contribution in [0.25, 0.3) is 0 Å². The molecular formula is C18H20N2O3S. The van der Waals surface area contributed by atoms with Gasteiger partial charge in [0, 0.05) is 17.8 Å². The molecule has 2 heterocycles. The second-order valence-electron chi connectivity index (χ2n) is 6.00. The van der Waals surface area contributed by atoms with Crippen LogP contribution in [0.5, 0.6) is 0 Å². The second kappa shape index (κ2) is 7.15. The number of likely N-dealkylation sites (N-methyl/N-ethyl adjacent to an activating group) is 1. The van der Waals surface area contributed by atoms with Gasteiger partial charge in [-0.25, -0.2) is 4.79 Å². The number of cyclic esters (lactones) is 1. The smallest absolute Gasteiger partial charge is 0.339 e. The van der Waals surface area contributed by atoms with E-state index in [-0.39, 0.29) is 11.9 Å². The molecule has 1 amide bonds. The molecule has 1 N–H and O–H groups in total. The number of hydrogen-bond acceptors (Lipinski definition) is 5. The van der Waals surface area contributed by atoms with Crippen molar-refractivity contribution < 1.29 is 14.3 Å². The fourth-order valence-corrected chi connectivity index (χ4v) is 3.73. The van der Waals surface area contributed by atoms with Gasteiger partial charge in [-0.1, -0.05) is 24.3 Å². The van der Waals surface area contributed by atoms with E-state index < -0.39 is 12.1 Å². The van der Waals surface area contributed by atoms with E-state index in [1.165, 1.54) is 4.88 Å². The number of nitrogens with zero attached hydrogens (tertiary/aromatic N) is 1. The number of benzene rings is 1. The lowest BCUT2D eigenvalue weighted by Gasteiger charge is -2.27. The third-order valence-electron chi connectivity index (χ3n) is 4.15. The first kappa shape index (κ1) is 16.7. The summed E-state index contributed by atoms with van der Waals surface area (Å²) in [7, 11) is 3.96. The molecule has 3 rings (SSSR count). The number of amides is 1. The molecule has 1 aromatic heterocycles. The molecule has 0 unspecified atom stereocenters. The largest absolute Gasteiger partial charge is 0.448 e. The van der Waals surface area contributed by atoms with E-state index in [9.17, 15) is 9.59 Å². The van der Waals surface area contributed by atoms with Gasteiger partial charge in [-0.3, -0.25) is 4.79 Å². The summed E-state index contributed by atoms with van der Waals surface area (Å²) in [5.41, 5.74) is 1.41. The van der Waals surface area contributed by atoms with Gasteiger partial charge in [-0.2, -0.15) is 0 Å². The number of ether oxygens (including phenoxy) is 1. The Balaban J connectivity index is 1.64. The van der Waals surface area contributed by atoms with Crippen LogP contribution in [-0.4, -0.2) is 43.5 Å². The first-order chi connectivity index (χ1) is 11.6. The fourth-order valence-electron chi connectivity index (χ4n) is 2.81. The summed E-state index contributed by atoms with van der Waals surface area (Å²) in [5, 5.41) is 4.94. The maximum atomic E-state index is 12.4. The molecule has 1 aromatic carbocycles. The zero-order valence-corrected chi connectivity index (χ0v) is 14.5. The van der Waals surface area contributed by atoms with Crippen LogP contribution in [0.15, 0.2) is 41.8 Å². The van der Waals surface area contributed by atoms with Gasteiger partial charge in [0.05, 0.1) is 11.6 Å². The number of thiophene rings is 1. The summed E-state index contributed by atoms with van der Waals surface area (Å²) >= 11 is 1.66. The summed E-state index contributed by atoms with van der Waals surface area (Å²) in [6.07, 6.45) is -0.349. The van der Waals surface area contributed by atoms with Gasteiger partial charge in [-0.15, -0.1) is 11.3 Å². The van der Waals surface area contributed by atoms with Gasteiger partial charge >= 0.3 is 5.97 Å². The van der Waals surface area contributed by atoms with Crippen molar-refractivity contribution in [2.45, 2.75) is 18.6 Å². The Hall–Kier alpha value is -2.18. The number of esters is 1. The molecule has 0 saturated carbocycles. The van der Waals surface area contributed by atoms with Gasteiger partial charge < -0.3 is 15.0 Å². The number of carbonyl (C=O) groups excluding carboxylic acids is 2. The zero-order valence-electron chi connectivity index (χ0n) is 13.7. The Kier molecular flexibility index (Phi) is 4.97. The highest BCUT2D eigenvalue weighted by atomic mass is 32.1. The van der Waals surface area contributed by atoms with Gasteiger partial charge in [0.1, 0.15) is 0 Å². The molecule has 1 aliphatic rings. The van der Waals surface area contributed by atoms with Crippen molar-refractivity contribution in [3.8, 4) is 0 Å². The highest BCUT2D eigenvalue weighted by Gasteiger charge is 2.31. The highest BCUT2D eigenvalue weighted by molar-refractivity contribution is 7.10. The first-order valence-corrected chi connectivity index (χ1v) is 8.70. The third kappa shape index (κ3) is 3.49. The van der Waals surface area contributed by atoms with E-state index in [2.05, 4.69) is 16.3 Å². The average molecular weight is 344 g/mol. The lowest BCUT2D eigenvalue weighted by atomic mass is 9.98. The van der Waals surface area contributed by atoms with E-state index in [0.717, 1.165) is 5.56 Å². The van der Waals surface area contributed by atoms with Crippen molar-refractivity contribution in [1.29, 1.82) is 0 Å². The average Bonchev–Trinajstić information content (AvgIpc) is 3.08. The highest BCUT2D eigenvalue weighted by Crippen LogP contribution is 2.23. The Morgan fingerprint density at radius 2 is 2.12 bits per heavy atom. The Morgan fingerprint density at radius 3 is 2.83 bits per heavy atom. The lowest BCUT2D eigenvalue weighted by molar-refractivity contribution is -0.130. The number of fused-ring (bicyclic) bond motifs is 1. The molecule has 6 heteroatoms. The van der Waals surface area contributed by atoms with E-state index in [1.54, 1.807) is 23.5 Å². The molecule has 0 spiro atoms. The third-order valence-corrected chi connectivity index (χ3v) is 5.12. The molecule has 0 bridgehead atoms. The maximum Gasteiger partial charge on any atom is 0.339 e. The minimum Gasteiger partial charge on any atom is -0.448 e. The molecule has 24 heavy (non-hydrogen) atoms. The van der Waals surface area contributed by atoms with Gasteiger partial charge in [0.2, 0.25) is 0 Å². The molecule has 0 radical (unpaired) electrons. The van der Waals surface area contributed by atoms with E-state index in [4.69, 9.17) is 4.74 Å². The van der Waals surface area contributed by atoms with Crippen molar-refractivity contribution >= 4 is 23.2 Å². The van der Waals surface area contributed by atoms with Crippen LogP contribution in [0.1, 0.15) is 26.8 Å². The van der Waals surface area contributed by atoms with Crippen molar-refractivity contribution in [2.24, 2.45) is 0 Å². The number of hydrogen-bond donors (Lipinski definition) is 1. The number of carbonyl (C=O) groups is 2. The van der Waals surface area contributed by atoms with Gasteiger partial charge in [-0.05, 0) is 37.2 Å².